The van der Waals surface area contributed by atoms with Crippen LogP contribution >= 0.6 is 22.6 Å². The average molecular weight is 440 g/mol. The number of amides is 1. The van der Waals surface area contributed by atoms with Crippen molar-refractivity contribution in [3.63, 3.8) is 0 Å². The smallest absolute Gasteiger partial charge is 0.270 e. The summed E-state index contributed by atoms with van der Waals surface area (Å²) in [5.41, 5.74) is 3.03. The molecule has 124 valence electrons. The minimum absolute atomic E-state index is 0.0127. The third kappa shape index (κ3) is 5.19. The number of non-ortho nitro benzene ring substituents is 1. The molecule has 3 N–H and O–H groups in total. The lowest BCUT2D eigenvalue weighted by Crippen LogP contribution is -2.25. The molecule has 0 aliphatic rings. The van der Waals surface area contributed by atoms with E-state index in [0.29, 0.717) is 0 Å². The molecule has 8 nitrogen and oxygen atoms in total. The second kappa shape index (κ2) is 8.24. The monoisotopic (exact) mass is 440 g/mol. The number of benzene rings is 2. The highest BCUT2D eigenvalue weighted by atomic mass is 127. The molecule has 2 aromatic carbocycles. The third-order valence-corrected chi connectivity index (χ3v) is 3.63. The first-order valence-electron chi connectivity index (χ1n) is 6.74. The zero-order chi connectivity index (χ0) is 17.5. The molecular formula is C15H13IN4O4. The number of hydrogen-bond donors (Lipinski definition) is 3. The molecular weight excluding hydrogens is 427 g/mol. The van der Waals surface area contributed by atoms with Gasteiger partial charge in [-0.15, -0.1) is 0 Å². The molecule has 0 heterocycles. The van der Waals surface area contributed by atoms with E-state index in [-0.39, 0.29) is 23.5 Å². The van der Waals surface area contributed by atoms with Crippen molar-refractivity contribution in [3.05, 3.63) is 61.7 Å². The van der Waals surface area contributed by atoms with Crippen molar-refractivity contribution in [1.29, 1.82) is 0 Å². The van der Waals surface area contributed by atoms with E-state index in [1.165, 1.54) is 12.1 Å². The molecule has 1 amide bonds. The van der Waals surface area contributed by atoms with Gasteiger partial charge in [0.2, 0.25) is 0 Å². The number of hydrogen-bond acceptors (Lipinski definition) is 6. The molecule has 0 radical (unpaired) electrons. The molecule has 2 rings (SSSR count). The van der Waals surface area contributed by atoms with Gasteiger partial charge in [-0.05, 0) is 52.9 Å². The van der Waals surface area contributed by atoms with E-state index in [4.69, 9.17) is 0 Å². The zero-order valence-electron chi connectivity index (χ0n) is 12.3. The van der Waals surface area contributed by atoms with Gasteiger partial charge in [-0.3, -0.25) is 14.9 Å². The van der Waals surface area contributed by atoms with Crippen molar-refractivity contribution in [1.82, 2.24) is 5.43 Å². The number of nitro benzene ring substituents is 1. The quantitative estimate of drug-likeness (QED) is 0.276. The van der Waals surface area contributed by atoms with Gasteiger partial charge in [-0.2, -0.15) is 5.10 Å². The van der Waals surface area contributed by atoms with Crippen LogP contribution in [0.5, 0.6) is 5.75 Å². The maximum absolute atomic E-state index is 11.7. The fourth-order valence-corrected chi connectivity index (χ4v) is 2.08. The largest absolute Gasteiger partial charge is 0.507 e. The van der Waals surface area contributed by atoms with Gasteiger partial charge in [0.25, 0.3) is 11.6 Å². The Morgan fingerprint density at radius 3 is 2.67 bits per heavy atom. The molecule has 0 aliphatic heterocycles. The lowest BCUT2D eigenvalue weighted by Gasteiger charge is -2.05. The highest BCUT2D eigenvalue weighted by molar-refractivity contribution is 14.1. The van der Waals surface area contributed by atoms with Gasteiger partial charge in [-0.25, -0.2) is 5.43 Å². The normalized spacial score (nSPS) is 10.5. The van der Waals surface area contributed by atoms with E-state index in [1.807, 2.05) is 24.3 Å². The number of carbonyl (C=O) groups is 1. The summed E-state index contributed by atoms with van der Waals surface area (Å²) in [7, 11) is 0. The van der Waals surface area contributed by atoms with Crippen molar-refractivity contribution >= 4 is 46.1 Å². The Labute approximate surface area is 150 Å². The van der Waals surface area contributed by atoms with Crippen LogP contribution in [0.1, 0.15) is 5.56 Å². The fourth-order valence-electron chi connectivity index (χ4n) is 1.72. The Kier molecular flexibility index (Phi) is 6.07. The highest BCUT2D eigenvalue weighted by Gasteiger charge is 2.08. The number of phenols is 1. The van der Waals surface area contributed by atoms with E-state index < -0.39 is 10.8 Å². The number of phenolic OH excluding ortho intramolecular Hbond substituents is 1. The van der Waals surface area contributed by atoms with Crippen LogP contribution in [-0.4, -0.2) is 28.7 Å². The summed E-state index contributed by atoms with van der Waals surface area (Å²) in [6.07, 6.45) is 1.14. The molecule has 0 atom stereocenters. The van der Waals surface area contributed by atoms with Crippen LogP contribution in [0.4, 0.5) is 11.4 Å². The number of aromatic hydroxyl groups is 1. The second-order valence-corrected chi connectivity index (χ2v) is 5.90. The van der Waals surface area contributed by atoms with Gasteiger partial charge >= 0.3 is 0 Å². The van der Waals surface area contributed by atoms with E-state index in [0.717, 1.165) is 21.5 Å². The molecule has 9 heteroatoms. The topological polar surface area (TPSA) is 117 Å². The number of nitro groups is 1. The van der Waals surface area contributed by atoms with Gasteiger partial charge in [-0.1, -0.05) is 0 Å². The Morgan fingerprint density at radius 1 is 1.29 bits per heavy atom. The van der Waals surface area contributed by atoms with Crippen LogP contribution in [0.25, 0.3) is 0 Å². The van der Waals surface area contributed by atoms with Crippen molar-refractivity contribution in [2.45, 2.75) is 0 Å². The van der Waals surface area contributed by atoms with E-state index in [2.05, 4.69) is 38.4 Å². The first kappa shape index (κ1) is 17.7. The standard InChI is InChI=1S/C15H13IN4O4/c16-11-1-3-12(4-2-11)17-9-15(22)19-18-8-10-7-13(20(23)24)5-6-14(10)21/h1-8,17,21H,9H2,(H,19,22)/b18-8-. The average Bonchev–Trinajstić information content (AvgIpc) is 2.56. The first-order chi connectivity index (χ1) is 11.5. The summed E-state index contributed by atoms with van der Waals surface area (Å²) >= 11 is 2.18. The number of hydrazone groups is 1. The Hall–Kier alpha value is -2.69. The molecule has 0 saturated carbocycles. The van der Waals surface area contributed by atoms with Gasteiger partial charge in [0.1, 0.15) is 5.75 Å². The van der Waals surface area contributed by atoms with Crippen molar-refractivity contribution in [2.24, 2.45) is 5.10 Å². The fraction of sp³-hybridized carbons (Fsp3) is 0.0667. The molecule has 0 spiro atoms. The van der Waals surface area contributed by atoms with E-state index >= 15 is 0 Å². The van der Waals surface area contributed by atoms with Crippen LogP contribution in [0.3, 0.4) is 0 Å². The van der Waals surface area contributed by atoms with Crippen LogP contribution in [0, 0.1) is 13.7 Å². The predicted molar refractivity (Wildman–Crippen MR) is 98.1 cm³/mol. The van der Waals surface area contributed by atoms with Crippen LogP contribution in [0.15, 0.2) is 47.6 Å². The number of halogens is 1. The SMILES string of the molecule is O=C(CNc1ccc(I)cc1)N/N=C\c1cc([N+](=O)[O-])ccc1O. The summed E-state index contributed by atoms with van der Waals surface area (Å²) < 4.78 is 1.09. The van der Waals surface area contributed by atoms with Gasteiger partial charge in [0.15, 0.2) is 0 Å². The van der Waals surface area contributed by atoms with Crippen LogP contribution < -0.4 is 10.7 Å². The molecule has 0 fully saturated rings. The van der Waals surface area contributed by atoms with Crippen LogP contribution in [0.2, 0.25) is 0 Å². The molecule has 0 aromatic heterocycles. The first-order valence-corrected chi connectivity index (χ1v) is 7.82. The molecule has 2 aromatic rings. The molecule has 0 saturated heterocycles. The minimum atomic E-state index is -0.583. The summed E-state index contributed by atoms with van der Waals surface area (Å²) in [6, 6.07) is 11.0. The maximum atomic E-state index is 11.7. The highest BCUT2D eigenvalue weighted by Crippen LogP contribution is 2.21. The Bertz CT molecular complexity index is 778. The van der Waals surface area contributed by atoms with Gasteiger partial charge in [0, 0.05) is 27.0 Å². The summed E-state index contributed by atoms with van der Waals surface area (Å²) in [4.78, 5) is 21.8. The maximum Gasteiger partial charge on any atom is 0.270 e. The predicted octanol–water partition coefficient (Wildman–Crippen LogP) is 2.47. The van der Waals surface area contributed by atoms with Crippen molar-refractivity contribution < 1.29 is 14.8 Å². The van der Waals surface area contributed by atoms with Gasteiger partial charge in [0.05, 0.1) is 17.7 Å². The molecule has 0 unspecified atom stereocenters. The van der Waals surface area contributed by atoms with Crippen molar-refractivity contribution in [3.8, 4) is 5.75 Å². The summed E-state index contributed by atoms with van der Waals surface area (Å²) in [6.45, 7) is 0.0127. The molecule has 0 bridgehead atoms. The Balaban J connectivity index is 1.89. The van der Waals surface area contributed by atoms with Crippen LogP contribution in [-0.2, 0) is 4.79 Å². The molecule has 0 aliphatic carbocycles. The number of rotatable bonds is 6. The number of nitrogens with zero attached hydrogens (tertiary/aromatic N) is 2. The second-order valence-electron chi connectivity index (χ2n) is 4.65. The summed E-state index contributed by atoms with van der Waals surface area (Å²) in [5, 5.41) is 26.9. The Morgan fingerprint density at radius 2 is 2.00 bits per heavy atom. The number of anilines is 1. The zero-order valence-corrected chi connectivity index (χ0v) is 14.4. The van der Waals surface area contributed by atoms with Gasteiger partial charge < -0.3 is 10.4 Å². The number of carbonyl (C=O) groups excluding carboxylic acids is 1. The molecule has 24 heavy (non-hydrogen) atoms. The number of nitrogens with one attached hydrogen (secondary N) is 2. The van der Waals surface area contributed by atoms with E-state index in [1.54, 1.807) is 0 Å². The lowest BCUT2D eigenvalue weighted by atomic mass is 10.2. The van der Waals surface area contributed by atoms with Crippen molar-refractivity contribution in [2.75, 3.05) is 11.9 Å². The lowest BCUT2D eigenvalue weighted by molar-refractivity contribution is -0.384. The third-order valence-electron chi connectivity index (χ3n) is 2.91. The van der Waals surface area contributed by atoms with E-state index in [9.17, 15) is 20.0 Å². The minimum Gasteiger partial charge on any atom is -0.507 e. The summed E-state index contributed by atoms with van der Waals surface area (Å²) in [5.74, 6) is -0.565.